The largest absolute Gasteiger partial charge is 0.383 e. The van der Waals surface area contributed by atoms with Gasteiger partial charge in [-0.3, -0.25) is 9.55 Å². The van der Waals surface area contributed by atoms with Gasteiger partial charge in [0.15, 0.2) is 11.0 Å². The van der Waals surface area contributed by atoms with Gasteiger partial charge in [-0.1, -0.05) is 49.9 Å². The van der Waals surface area contributed by atoms with Crippen molar-refractivity contribution in [1.29, 1.82) is 0 Å². The Labute approximate surface area is 190 Å². The van der Waals surface area contributed by atoms with Crippen molar-refractivity contribution in [2.45, 2.75) is 37.2 Å². The van der Waals surface area contributed by atoms with Crippen molar-refractivity contribution in [3.63, 3.8) is 0 Å². The SMILES string of the molecule is COCCn1c(SCc2csc(-c3ccc(C(C)C)cc3)n2)nnc1-c1ccncc1. The summed E-state index contributed by atoms with van der Waals surface area (Å²) in [7, 11) is 1.70. The molecule has 6 nitrogen and oxygen atoms in total. The molecule has 0 aliphatic rings. The monoisotopic (exact) mass is 451 g/mol. The van der Waals surface area contributed by atoms with E-state index in [-0.39, 0.29) is 0 Å². The summed E-state index contributed by atoms with van der Waals surface area (Å²) in [6.07, 6.45) is 3.53. The van der Waals surface area contributed by atoms with E-state index in [9.17, 15) is 0 Å². The number of benzene rings is 1. The van der Waals surface area contributed by atoms with Crippen molar-refractivity contribution in [3.8, 4) is 22.0 Å². The van der Waals surface area contributed by atoms with Crippen LogP contribution in [0.1, 0.15) is 31.0 Å². The van der Waals surface area contributed by atoms with Crippen LogP contribution in [0.15, 0.2) is 59.3 Å². The topological polar surface area (TPSA) is 65.7 Å². The van der Waals surface area contributed by atoms with E-state index in [4.69, 9.17) is 9.72 Å². The molecule has 1 aromatic carbocycles. The minimum atomic E-state index is 0.532. The maximum atomic E-state index is 5.29. The van der Waals surface area contributed by atoms with Crippen molar-refractivity contribution in [2.24, 2.45) is 0 Å². The Morgan fingerprint density at radius 2 is 1.81 bits per heavy atom. The first-order chi connectivity index (χ1) is 15.2. The average molecular weight is 452 g/mol. The zero-order chi connectivity index (χ0) is 21.6. The van der Waals surface area contributed by atoms with E-state index < -0.39 is 0 Å². The number of nitrogens with zero attached hydrogens (tertiary/aromatic N) is 5. The van der Waals surface area contributed by atoms with E-state index in [1.54, 1.807) is 42.6 Å². The maximum Gasteiger partial charge on any atom is 0.191 e. The number of rotatable bonds is 9. The lowest BCUT2D eigenvalue weighted by Crippen LogP contribution is -2.07. The molecule has 160 valence electrons. The minimum absolute atomic E-state index is 0.532. The lowest BCUT2D eigenvalue weighted by atomic mass is 10.0. The summed E-state index contributed by atoms with van der Waals surface area (Å²) in [5, 5.41) is 12.9. The van der Waals surface area contributed by atoms with Gasteiger partial charge in [0.1, 0.15) is 5.01 Å². The van der Waals surface area contributed by atoms with Crippen molar-refractivity contribution < 1.29 is 4.74 Å². The number of pyridine rings is 1. The summed E-state index contributed by atoms with van der Waals surface area (Å²) in [5.41, 5.74) is 4.54. The molecule has 3 aromatic heterocycles. The fourth-order valence-electron chi connectivity index (χ4n) is 3.15. The zero-order valence-corrected chi connectivity index (χ0v) is 19.5. The fraction of sp³-hybridized carbons (Fsp3) is 0.304. The van der Waals surface area contributed by atoms with Gasteiger partial charge in [0.25, 0.3) is 0 Å². The molecule has 0 N–H and O–H groups in total. The van der Waals surface area contributed by atoms with Crippen molar-refractivity contribution >= 4 is 23.1 Å². The first kappa shape index (κ1) is 21.7. The molecule has 0 spiro atoms. The summed E-state index contributed by atoms with van der Waals surface area (Å²) in [5.74, 6) is 2.10. The van der Waals surface area contributed by atoms with Crippen LogP contribution < -0.4 is 0 Å². The van der Waals surface area contributed by atoms with Crippen LogP contribution in [0.4, 0.5) is 0 Å². The van der Waals surface area contributed by atoms with Crippen LogP contribution in [0.5, 0.6) is 0 Å². The number of aromatic nitrogens is 5. The van der Waals surface area contributed by atoms with E-state index in [1.807, 2.05) is 12.1 Å². The molecule has 0 atom stereocenters. The molecule has 31 heavy (non-hydrogen) atoms. The molecule has 0 aliphatic carbocycles. The quantitative estimate of drug-likeness (QED) is 0.312. The highest BCUT2D eigenvalue weighted by molar-refractivity contribution is 7.98. The lowest BCUT2D eigenvalue weighted by Gasteiger charge is -2.09. The molecule has 0 aliphatic heterocycles. The van der Waals surface area contributed by atoms with Crippen LogP contribution in [-0.2, 0) is 17.0 Å². The van der Waals surface area contributed by atoms with E-state index in [1.165, 1.54) is 5.56 Å². The second kappa shape index (κ2) is 10.2. The Bertz CT molecular complexity index is 1110. The Kier molecular flexibility index (Phi) is 7.11. The first-order valence-electron chi connectivity index (χ1n) is 10.2. The predicted molar refractivity (Wildman–Crippen MR) is 126 cm³/mol. The number of ether oxygens (including phenoxy) is 1. The molecule has 0 radical (unpaired) electrons. The minimum Gasteiger partial charge on any atom is -0.383 e. The zero-order valence-electron chi connectivity index (χ0n) is 17.9. The molecule has 0 bridgehead atoms. The summed E-state index contributed by atoms with van der Waals surface area (Å²) in [4.78, 5) is 8.93. The van der Waals surface area contributed by atoms with E-state index in [0.29, 0.717) is 19.1 Å². The number of hydrogen-bond donors (Lipinski definition) is 0. The summed E-state index contributed by atoms with van der Waals surface area (Å²) in [6.45, 7) is 5.70. The first-order valence-corrected chi connectivity index (χ1v) is 12.0. The average Bonchev–Trinajstić information content (AvgIpc) is 3.44. The van der Waals surface area contributed by atoms with Gasteiger partial charge in [-0.25, -0.2) is 4.98 Å². The van der Waals surface area contributed by atoms with Crippen molar-refractivity contribution in [1.82, 2.24) is 24.7 Å². The molecule has 4 aromatic rings. The highest BCUT2D eigenvalue weighted by Crippen LogP contribution is 2.30. The maximum absolute atomic E-state index is 5.29. The van der Waals surface area contributed by atoms with Crippen LogP contribution in [0, 0.1) is 0 Å². The Balaban J connectivity index is 1.49. The molecule has 0 saturated carbocycles. The third-order valence-electron chi connectivity index (χ3n) is 4.90. The molecule has 8 heteroatoms. The van der Waals surface area contributed by atoms with E-state index in [2.05, 4.69) is 63.2 Å². The van der Waals surface area contributed by atoms with Crippen LogP contribution in [-0.4, -0.2) is 38.4 Å². The van der Waals surface area contributed by atoms with Crippen LogP contribution in [0.3, 0.4) is 0 Å². The van der Waals surface area contributed by atoms with Crippen molar-refractivity contribution in [3.05, 3.63) is 65.4 Å². The third-order valence-corrected chi connectivity index (χ3v) is 6.84. The van der Waals surface area contributed by atoms with Gasteiger partial charge in [-0.05, 0) is 23.6 Å². The summed E-state index contributed by atoms with van der Waals surface area (Å²) < 4.78 is 7.39. The highest BCUT2D eigenvalue weighted by atomic mass is 32.2. The van der Waals surface area contributed by atoms with Crippen molar-refractivity contribution in [2.75, 3.05) is 13.7 Å². The molecule has 3 heterocycles. The molecule has 0 unspecified atom stereocenters. The molecule has 0 fully saturated rings. The van der Waals surface area contributed by atoms with Gasteiger partial charge in [-0.15, -0.1) is 21.5 Å². The van der Waals surface area contributed by atoms with E-state index in [0.717, 1.165) is 38.6 Å². The Morgan fingerprint density at radius 1 is 1.03 bits per heavy atom. The molecule has 0 amide bonds. The normalized spacial score (nSPS) is 11.4. The van der Waals surface area contributed by atoms with Crippen LogP contribution in [0.2, 0.25) is 0 Å². The molecule has 0 saturated heterocycles. The third kappa shape index (κ3) is 5.20. The Hall–Kier alpha value is -2.55. The van der Waals surface area contributed by atoms with Gasteiger partial charge in [0.05, 0.1) is 18.8 Å². The number of methoxy groups -OCH3 is 1. The van der Waals surface area contributed by atoms with E-state index >= 15 is 0 Å². The molecular weight excluding hydrogens is 426 g/mol. The Morgan fingerprint density at radius 3 is 2.52 bits per heavy atom. The van der Waals surface area contributed by atoms with Gasteiger partial charge in [0.2, 0.25) is 0 Å². The predicted octanol–water partition coefficient (Wildman–Crippen LogP) is 5.53. The molecular formula is C23H25N5OS2. The summed E-state index contributed by atoms with van der Waals surface area (Å²) in [6, 6.07) is 12.6. The number of thiazole rings is 1. The number of thioether (sulfide) groups is 1. The number of hydrogen-bond acceptors (Lipinski definition) is 7. The second-order valence-electron chi connectivity index (χ2n) is 7.40. The lowest BCUT2D eigenvalue weighted by molar-refractivity contribution is 0.185. The van der Waals surface area contributed by atoms with Crippen LogP contribution >= 0.6 is 23.1 Å². The van der Waals surface area contributed by atoms with Gasteiger partial charge in [-0.2, -0.15) is 0 Å². The smallest absolute Gasteiger partial charge is 0.191 e. The van der Waals surface area contributed by atoms with Gasteiger partial charge in [0, 0.05) is 41.8 Å². The fourth-order valence-corrected chi connectivity index (χ4v) is 4.94. The second-order valence-corrected chi connectivity index (χ2v) is 9.20. The summed E-state index contributed by atoms with van der Waals surface area (Å²) >= 11 is 3.32. The van der Waals surface area contributed by atoms with Crippen LogP contribution in [0.25, 0.3) is 22.0 Å². The van der Waals surface area contributed by atoms with Gasteiger partial charge < -0.3 is 4.74 Å². The standard InChI is InChI=1S/C23H25N5OS2/c1-16(2)17-4-6-19(7-5-17)22-25-20(14-30-22)15-31-23-27-26-21(28(23)12-13-29-3)18-8-10-24-11-9-18/h4-11,14,16H,12-13,15H2,1-3H3. The molecule has 4 rings (SSSR count). The van der Waals surface area contributed by atoms with Gasteiger partial charge >= 0.3 is 0 Å². The highest BCUT2D eigenvalue weighted by Gasteiger charge is 2.15.